The molecular weight excluding hydrogens is 208 g/mol. The maximum Gasteiger partial charge on any atom is 0.134 e. The first-order valence-electron chi connectivity index (χ1n) is 5.64. The minimum atomic E-state index is 0.969. The molecule has 0 bridgehead atoms. The van der Waals surface area contributed by atoms with Gasteiger partial charge in [-0.2, -0.15) is 0 Å². The minimum absolute atomic E-state index is 0.969. The van der Waals surface area contributed by atoms with Crippen molar-refractivity contribution in [2.24, 2.45) is 4.99 Å². The summed E-state index contributed by atoms with van der Waals surface area (Å²) in [6, 6.07) is 20.4. The number of anilines is 1. The number of benzene rings is 2. The monoisotopic (exact) mass is 224 g/mol. The Morgan fingerprint density at radius 2 is 1.41 bits per heavy atom. The average molecular weight is 224 g/mol. The fourth-order valence-electron chi connectivity index (χ4n) is 1.83. The molecule has 0 N–H and O–H groups in total. The first-order chi connectivity index (χ1) is 8.33. The summed E-state index contributed by atoms with van der Waals surface area (Å²) < 4.78 is 0. The van der Waals surface area contributed by atoms with Crippen LogP contribution in [0, 0.1) is 0 Å². The highest BCUT2D eigenvalue weighted by molar-refractivity contribution is 6.09. The van der Waals surface area contributed by atoms with Crippen molar-refractivity contribution < 1.29 is 0 Å². The van der Waals surface area contributed by atoms with E-state index in [-0.39, 0.29) is 0 Å². The third kappa shape index (κ3) is 2.53. The Bertz CT molecular complexity index is 489. The Kier molecular flexibility index (Phi) is 3.55. The van der Waals surface area contributed by atoms with Crippen LogP contribution in [0.25, 0.3) is 0 Å². The molecule has 2 aromatic rings. The van der Waals surface area contributed by atoms with Crippen molar-refractivity contribution in [1.82, 2.24) is 0 Å². The van der Waals surface area contributed by atoms with E-state index in [9.17, 15) is 0 Å². The lowest BCUT2D eigenvalue weighted by atomic mass is 10.2. The van der Waals surface area contributed by atoms with Crippen LogP contribution in [0.5, 0.6) is 0 Å². The number of nitrogens with zero attached hydrogens (tertiary/aromatic N) is 2. The lowest BCUT2D eigenvalue weighted by Gasteiger charge is -2.21. The van der Waals surface area contributed by atoms with Crippen LogP contribution < -0.4 is 4.90 Å². The number of aliphatic imine (C=N–C) groups is 1. The molecule has 0 aliphatic rings. The number of amidine groups is 1. The molecule has 2 rings (SSSR count). The van der Waals surface area contributed by atoms with E-state index in [0.717, 1.165) is 17.1 Å². The van der Waals surface area contributed by atoms with Crippen molar-refractivity contribution in [3.63, 3.8) is 0 Å². The van der Waals surface area contributed by atoms with E-state index in [0.29, 0.717) is 0 Å². The van der Waals surface area contributed by atoms with Gasteiger partial charge in [0, 0.05) is 25.3 Å². The Balaban J connectivity index is 2.33. The van der Waals surface area contributed by atoms with E-state index in [1.165, 1.54) is 0 Å². The van der Waals surface area contributed by atoms with Crippen molar-refractivity contribution in [1.29, 1.82) is 0 Å². The van der Waals surface area contributed by atoms with Crippen LogP contribution in [0.3, 0.4) is 0 Å². The van der Waals surface area contributed by atoms with Crippen molar-refractivity contribution in [3.8, 4) is 0 Å². The molecule has 0 aliphatic heterocycles. The van der Waals surface area contributed by atoms with Gasteiger partial charge < -0.3 is 4.90 Å². The number of hydrogen-bond acceptors (Lipinski definition) is 1. The predicted molar refractivity (Wildman–Crippen MR) is 73.7 cm³/mol. The summed E-state index contributed by atoms with van der Waals surface area (Å²) in [5.74, 6) is 0.969. The van der Waals surface area contributed by atoms with Crippen molar-refractivity contribution >= 4 is 11.5 Å². The van der Waals surface area contributed by atoms with E-state index in [1.54, 1.807) is 0 Å². The van der Waals surface area contributed by atoms with Gasteiger partial charge in [0.2, 0.25) is 0 Å². The Morgan fingerprint density at radius 1 is 0.882 bits per heavy atom. The second kappa shape index (κ2) is 5.30. The maximum atomic E-state index is 4.38. The molecule has 0 saturated heterocycles. The zero-order chi connectivity index (χ0) is 12.1. The molecule has 0 unspecified atom stereocenters. The smallest absolute Gasteiger partial charge is 0.134 e. The SMILES string of the molecule is C/N=C(/c1ccccc1)N(C)c1ccccc1. The summed E-state index contributed by atoms with van der Waals surface area (Å²) in [5.41, 5.74) is 2.26. The van der Waals surface area contributed by atoms with Crippen molar-refractivity contribution in [3.05, 3.63) is 66.2 Å². The van der Waals surface area contributed by atoms with Gasteiger partial charge in [-0.05, 0) is 12.1 Å². The zero-order valence-corrected chi connectivity index (χ0v) is 10.2. The lowest BCUT2D eigenvalue weighted by Crippen LogP contribution is -2.27. The predicted octanol–water partition coefficient (Wildman–Crippen LogP) is 3.20. The van der Waals surface area contributed by atoms with Gasteiger partial charge in [-0.1, -0.05) is 48.5 Å². The number of rotatable bonds is 2. The van der Waals surface area contributed by atoms with Crippen LogP contribution in [-0.2, 0) is 0 Å². The molecule has 0 heterocycles. The molecule has 0 atom stereocenters. The summed E-state index contributed by atoms with van der Waals surface area (Å²) in [6.45, 7) is 0. The van der Waals surface area contributed by atoms with Gasteiger partial charge in [0.05, 0.1) is 0 Å². The molecule has 0 amide bonds. The third-order valence-electron chi connectivity index (χ3n) is 2.70. The summed E-state index contributed by atoms with van der Waals surface area (Å²) in [7, 11) is 3.85. The summed E-state index contributed by atoms with van der Waals surface area (Å²) in [6.07, 6.45) is 0. The molecule has 2 heteroatoms. The summed E-state index contributed by atoms with van der Waals surface area (Å²) in [5, 5.41) is 0. The van der Waals surface area contributed by atoms with Crippen LogP contribution in [-0.4, -0.2) is 19.9 Å². The molecule has 0 saturated carbocycles. The fraction of sp³-hybridized carbons (Fsp3) is 0.133. The molecule has 0 aromatic heterocycles. The summed E-state index contributed by atoms with van der Waals surface area (Å²) in [4.78, 5) is 6.47. The highest BCUT2D eigenvalue weighted by Crippen LogP contribution is 2.15. The largest absolute Gasteiger partial charge is 0.329 e. The molecule has 86 valence electrons. The third-order valence-corrected chi connectivity index (χ3v) is 2.70. The highest BCUT2D eigenvalue weighted by atomic mass is 15.2. The van der Waals surface area contributed by atoms with Crippen LogP contribution >= 0.6 is 0 Å². The van der Waals surface area contributed by atoms with Gasteiger partial charge in [-0.15, -0.1) is 0 Å². The highest BCUT2D eigenvalue weighted by Gasteiger charge is 2.09. The fourth-order valence-corrected chi connectivity index (χ4v) is 1.83. The van der Waals surface area contributed by atoms with Gasteiger partial charge in [0.15, 0.2) is 0 Å². The molecule has 17 heavy (non-hydrogen) atoms. The summed E-state index contributed by atoms with van der Waals surface area (Å²) >= 11 is 0. The number of para-hydroxylation sites is 1. The molecule has 0 spiro atoms. The van der Waals surface area contributed by atoms with Crippen molar-refractivity contribution in [2.45, 2.75) is 0 Å². The van der Waals surface area contributed by atoms with Gasteiger partial charge in [0.25, 0.3) is 0 Å². The van der Waals surface area contributed by atoms with Crippen LogP contribution in [0.4, 0.5) is 5.69 Å². The normalized spacial score (nSPS) is 11.3. The van der Waals surface area contributed by atoms with Crippen LogP contribution in [0.15, 0.2) is 65.7 Å². The quantitative estimate of drug-likeness (QED) is 0.565. The van der Waals surface area contributed by atoms with E-state index in [1.807, 2.05) is 50.5 Å². The van der Waals surface area contributed by atoms with E-state index < -0.39 is 0 Å². The van der Waals surface area contributed by atoms with Crippen LogP contribution in [0.1, 0.15) is 5.56 Å². The first-order valence-corrected chi connectivity index (χ1v) is 5.64. The standard InChI is InChI=1S/C15H16N2/c1-16-15(13-9-5-3-6-10-13)17(2)14-11-7-4-8-12-14/h3-12H,1-2H3/b16-15-. The average Bonchev–Trinajstić information content (AvgIpc) is 2.42. The van der Waals surface area contributed by atoms with Gasteiger partial charge in [-0.25, -0.2) is 0 Å². The maximum absolute atomic E-state index is 4.38. The second-order valence-electron chi connectivity index (χ2n) is 3.81. The molecule has 0 radical (unpaired) electrons. The Morgan fingerprint density at radius 3 is 1.94 bits per heavy atom. The molecular formula is C15H16N2. The molecule has 2 nitrogen and oxygen atoms in total. The van der Waals surface area contributed by atoms with E-state index in [2.05, 4.69) is 34.2 Å². The van der Waals surface area contributed by atoms with E-state index >= 15 is 0 Å². The van der Waals surface area contributed by atoms with Crippen LogP contribution in [0.2, 0.25) is 0 Å². The Labute approximate surface area is 102 Å². The van der Waals surface area contributed by atoms with E-state index in [4.69, 9.17) is 0 Å². The Hall–Kier alpha value is -2.09. The molecule has 0 fully saturated rings. The topological polar surface area (TPSA) is 15.6 Å². The van der Waals surface area contributed by atoms with Crippen molar-refractivity contribution in [2.75, 3.05) is 19.0 Å². The van der Waals surface area contributed by atoms with Gasteiger partial charge >= 0.3 is 0 Å². The van der Waals surface area contributed by atoms with Gasteiger partial charge in [0.1, 0.15) is 5.84 Å². The molecule has 2 aromatic carbocycles. The second-order valence-corrected chi connectivity index (χ2v) is 3.81. The zero-order valence-electron chi connectivity index (χ0n) is 10.2. The lowest BCUT2D eigenvalue weighted by molar-refractivity contribution is 1.22. The number of hydrogen-bond donors (Lipinski definition) is 0. The van der Waals surface area contributed by atoms with Gasteiger partial charge in [-0.3, -0.25) is 4.99 Å². The first kappa shape index (κ1) is 11.4. The minimum Gasteiger partial charge on any atom is -0.329 e. The molecule has 0 aliphatic carbocycles.